The number of aliphatic hydroxyl groups excluding tert-OH is 1. The molecule has 27 heavy (non-hydrogen) atoms. The van der Waals surface area contributed by atoms with Gasteiger partial charge in [0.25, 0.3) is 0 Å². The molecule has 1 aliphatic rings. The second kappa shape index (κ2) is 11.1. The summed E-state index contributed by atoms with van der Waals surface area (Å²) in [6.45, 7) is 2.33. The number of rotatable bonds is 7. The number of aliphatic hydroxyl groups is 1. The van der Waals surface area contributed by atoms with Crippen molar-refractivity contribution in [1.29, 1.82) is 0 Å². The van der Waals surface area contributed by atoms with Crippen LogP contribution in [0, 0.1) is 0 Å². The zero-order valence-electron chi connectivity index (χ0n) is 15.6. The molecule has 1 aliphatic heterocycles. The normalized spacial score (nSPS) is 13.9. The summed E-state index contributed by atoms with van der Waals surface area (Å²) in [4.78, 5) is 4.27. The maximum Gasteiger partial charge on any atom is 0.191 e. The van der Waals surface area contributed by atoms with Gasteiger partial charge in [0, 0.05) is 32.5 Å². The van der Waals surface area contributed by atoms with Crippen molar-refractivity contribution in [1.82, 2.24) is 10.6 Å². The molecule has 1 unspecified atom stereocenters. The molecule has 0 aliphatic carbocycles. The predicted molar refractivity (Wildman–Crippen MR) is 120 cm³/mol. The van der Waals surface area contributed by atoms with Crippen LogP contribution in [-0.2, 0) is 12.8 Å². The van der Waals surface area contributed by atoms with Crippen LogP contribution in [0.25, 0.3) is 0 Å². The maximum atomic E-state index is 9.66. The first-order valence-corrected chi connectivity index (χ1v) is 9.15. The van der Waals surface area contributed by atoms with Crippen molar-refractivity contribution >= 4 is 29.9 Å². The lowest BCUT2D eigenvalue weighted by Gasteiger charge is -2.18. The van der Waals surface area contributed by atoms with E-state index in [9.17, 15) is 5.11 Å². The predicted octanol–water partition coefficient (Wildman–Crippen LogP) is 2.72. The molecule has 3 rings (SSSR count). The number of nitrogens with one attached hydrogen (secondary N) is 2. The zero-order valence-corrected chi connectivity index (χ0v) is 18.0. The van der Waals surface area contributed by atoms with E-state index in [0.29, 0.717) is 6.54 Å². The molecule has 0 saturated carbocycles. The molecule has 0 aromatic heterocycles. The molecule has 6 heteroatoms. The van der Waals surface area contributed by atoms with Crippen molar-refractivity contribution in [2.75, 3.05) is 33.4 Å². The van der Waals surface area contributed by atoms with E-state index >= 15 is 0 Å². The molecule has 0 radical (unpaired) electrons. The molecule has 5 nitrogen and oxygen atoms in total. The lowest BCUT2D eigenvalue weighted by atomic mass is 10.0. The molecule has 3 N–H and O–H groups in total. The molecule has 0 spiro atoms. The standard InChI is InChI=1S/C21H27N3O2.HI/c1-22-21(24-14-19(15-25)17-5-3-2-4-6-17)23-11-9-16-7-8-20-18(13-16)10-12-26-20;/h2-8,13,19,25H,9-12,14-15H2,1H3,(H2,22,23,24);1H. The number of nitrogens with zero attached hydrogens (tertiary/aromatic N) is 1. The zero-order chi connectivity index (χ0) is 18.2. The summed E-state index contributed by atoms with van der Waals surface area (Å²) in [5, 5.41) is 16.3. The van der Waals surface area contributed by atoms with E-state index in [4.69, 9.17) is 4.74 Å². The summed E-state index contributed by atoms with van der Waals surface area (Å²) < 4.78 is 5.55. The number of hydrogen-bond donors (Lipinski definition) is 3. The Hall–Kier alpha value is -1.80. The van der Waals surface area contributed by atoms with Gasteiger partial charge in [-0.3, -0.25) is 4.99 Å². The highest BCUT2D eigenvalue weighted by Crippen LogP contribution is 2.25. The Morgan fingerprint density at radius 1 is 1.19 bits per heavy atom. The van der Waals surface area contributed by atoms with Crippen LogP contribution in [0.4, 0.5) is 0 Å². The first-order chi connectivity index (χ1) is 12.8. The number of aliphatic imine (C=N–C) groups is 1. The number of hydrogen-bond acceptors (Lipinski definition) is 3. The Kier molecular flexibility index (Phi) is 8.87. The Morgan fingerprint density at radius 3 is 2.74 bits per heavy atom. The van der Waals surface area contributed by atoms with Gasteiger partial charge in [0.15, 0.2) is 5.96 Å². The lowest BCUT2D eigenvalue weighted by molar-refractivity contribution is 0.265. The Balaban J connectivity index is 0.00000261. The van der Waals surface area contributed by atoms with E-state index in [1.807, 2.05) is 30.3 Å². The number of fused-ring (bicyclic) bond motifs is 1. The molecular weight excluding hydrogens is 453 g/mol. The minimum Gasteiger partial charge on any atom is -0.493 e. The largest absolute Gasteiger partial charge is 0.493 e. The summed E-state index contributed by atoms with van der Waals surface area (Å²) in [5.74, 6) is 1.82. The summed E-state index contributed by atoms with van der Waals surface area (Å²) in [6, 6.07) is 16.5. The smallest absolute Gasteiger partial charge is 0.191 e. The molecule has 1 atom stereocenters. The number of halogens is 1. The quantitative estimate of drug-likeness (QED) is 0.323. The third-order valence-electron chi connectivity index (χ3n) is 4.69. The second-order valence-corrected chi connectivity index (χ2v) is 6.46. The van der Waals surface area contributed by atoms with E-state index in [1.54, 1.807) is 7.05 Å². The summed E-state index contributed by atoms with van der Waals surface area (Å²) in [5.41, 5.74) is 3.73. The van der Waals surface area contributed by atoms with Gasteiger partial charge in [0.1, 0.15) is 5.75 Å². The van der Waals surface area contributed by atoms with Gasteiger partial charge in [0.2, 0.25) is 0 Å². The average Bonchev–Trinajstić information content (AvgIpc) is 3.15. The maximum absolute atomic E-state index is 9.66. The van der Waals surface area contributed by atoms with Crippen LogP contribution in [0.3, 0.4) is 0 Å². The van der Waals surface area contributed by atoms with Crippen molar-refractivity contribution in [3.63, 3.8) is 0 Å². The van der Waals surface area contributed by atoms with Gasteiger partial charge in [-0.25, -0.2) is 0 Å². The molecule has 2 aromatic rings. The molecule has 2 aromatic carbocycles. The first kappa shape index (κ1) is 21.5. The fraction of sp³-hybridized carbons (Fsp3) is 0.381. The van der Waals surface area contributed by atoms with Crippen LogP contribution < -0.4 is 15.4 Å². The topological polar surface area (TPSA) is 65.9 Å². The molecule has 0 amide bonds. The molecule has 1 heterocycles. The number of guanidine groups is 1. The van der Waals surface area contributed by atoms with Gasteiger partial charge < -0.3 is 20.5 Å². The van der Waals surface area contributed by atoms with Crippen LogP contribution >= 0.6 is 24.0 Å². The summed E-state index contributed by atoms with van der Waals surface area (Å²) in [6.07, 6.45) is 1.93. The van der Waals surface area contributed by atoms with Crippen LogP contribution in [0.1, 0.15) is 22.6 Å². The highest BCUT2D eigenvalue weighted by Gasteiger charge is 2.12. The SMILES string of the molecule is CN=C(NCCc1ccc2c(c1)CCO2)NCC(CO)c1ccccc1.I. The van der Waals surface area contributed by atoms with Crippen molar-refractivity contribution in [2.24, 2.45) is 4.99 Å². The van der Waals surface area contributed by atoms with E-state index in [1.165, 1.54) is 11.1 Å². The van der Waals surface area contributed by atoms with Crippen molar-refractivity contribution < 1.29 is 9.84 Å². The fourth-order valence-electron chi connectivity index (χ4n) is 3.17. The average molecular weight is 481 g/mol. The van der Waals surface area contributed by atoms with Crippen molar-refractivity contribution in [3.8, 4) is 5.75 Å². The highest BCUT2D eigenvalue weighted by molar-refractivity contribution is 14.0. The van der Waals surface area contributed by atoms with Gasteiger partial charge in [-0.2, -0.15) is 0 Å². The van der Waals surface area contributed by atoms with Gasteiger partial charge >= 0.3 is 0 Å². The molecule has 0 fully saturated rings. The van der Waals surface area contributed by atoms with Crippen molar-refractivity contribution in [3.05, 3.63) is 65.2 Å². The highest BCUT2D eigenvalue weighted by atomic mass is 127. The molecule has 146 valence electrons. The van der Waals surface area contributed by atoms with Crippen LogP contribution in [-0.4, -0.2) is 44.4 Å². The Labute approximate surface area is 178 Å². The lowest BCUT2D eigenvalue weighted by Crippen LogP contribution is -2.40. The van der Waals surface area contributed by atoms with Gasteiger partial charge in [-0.05, 0) is 29.2 Å². The van der Waals surface area contributed by atoms with Crippen molar-refractivity contribution in [2.45, 2.75) is 18.8 Å². The number of benzene rings is 2. The van der Waals surface area contributed by atoms with Crippen LogP contribution in [0.15, 0.2) is 53.5 Å². The van der Waals surface area contributed by atoms with Gasteiger partial charge in [-0.1, -0.05) is 42.5 Å². The third-order valence-corrected chi connectivity index (χ3v) is 4.69. The summed E-state index contributed by atoms with van der Waals surface area (Å²) >= 11 is 0. The minimum absolute atomic E-state index is 0. The van der Waals surface area contributed by atoms with Gasteiger partial charge in [-0.15, -0.1) is 24.0 Å². The van der Waals surface area contributed by atoms with Crippen LogP contribution in [0.2, 0.25) is 0 Å². The summed E-state index contributed by atoms with van der Waals surface area (Å²) in [7, 11) is 1.76. The minimum atomic E-state index is 0. The molecule has 0 bridgehead atoms. The number of ether oxygens (including phenoxy) is 1. The monoisotopic (exact) mass is 481 g/mol. The van der Waals surface area contributed by atoms with Crippen LogP contribution in [0.5, 0.6) is 5.75 Å². The second-order valence-electron chi connectivity index (χ2n) is 6.46. The Morgan fingerprint density at radius 2 is 2.00 bits per heavy atom. The van der Waals surface area contributed by atoms with E-state index < -0.39 is 0 Å². The van der Waals surface area contributed by atoms with E-state index in [2.05, 4.69) is 33.8 Å². The van der Waals surface area contributed by atoms with E-state index in [0.717, 1.165) is 43.3 Å². The molecule has 0 saturated heterocycles. The van der Waals surface area contributed by atoms with E-state index in [-0.39, 0.29) is 36.5 Å². The Bertz CT molecular complexity index is 737. The van der Waals surface area contributed by atoms with Gasteiger partial charge in [0.05, 0.1) is 13.2 Å². The molecular formula is C21H28IN3O2. The fourth-order valence-corrected chi connectivity index (χ4v) is 3.17. The first-order valence-electron chi connectivity index (χ1n) is 9.15. The third kappa shape index (κ3) is 6.10.